The molecule has 0 radical (unpaired) electrons. The fourth-order valence-electron chi connectivity index (χ4n) is 2.45. The van der Waals surface area contributed by atoms with Gasteiger partial charge in [0.15, 0.2) is 5.76 Å². The van der Waals surface area contributed by atoms with E-state index in [1.807, 2.05) is 32.0 Å². The van der Waals surface area contributed by atoms with Crippen LogP contribution in [0.2, 0.25) is 0 Å². The number of anilines is 1. The van der Waals surface area contributed by atoms with E-state index in [4.69, 9.17) is 9.26 Å². The Morgan fingerprint density at radius 3 is 2.73 bits per heavy atom. The summed E-state index contributed by atoms with van der Waals surface area (Å²) in [6.07, 6.45) is 0. The van der Waals surface area contributed by atoms with Crippen LogP contribution in [0, 0.1) is 19.7 Å². The average Bonchev–Trinajstić information content (AvgIpc) is 3.08. The van der Waals surface area contributed by atoms with Gasteiger partial charge in [-0.25, -0.2) is 4.39 Å². The quantitative estimate of drug-likeness (QED) is 0.719. The highest BCUT2D eigenvalue weighted by Crippen LogP contribution is 2.21. The molecule has 1 amide bonds. The Balaban J connectivity index is 1.51. The molecule has 0 atom stereocenters. The van der Waals surface area contributed by atoms with Gasteiger partial charge in [0.1, 0.15) is 18.1 Å². The minimum Gasteiger partial charge on any atom is -0.365 e. The number of carbonyl (C=O) groups excluding carboxylic acids is 1. The molecule has 5 nitrogen and oxygen atoms in total. The normalized spacial score (nSPS) is 10.7. The van der Waals surface area contributed by atoms with Gasteiger partial charge < -0.3 is 14.6 Å². The summed E-state index contributed by atoms with van der Waals surface area (Å²) in [6.45, 7) is 4.00. The topological polar surface area (TPSA) is 64.4 Å². The summed E-state index contributed by atoms with van der Waals surface area (Å²) in [4.78, 5) is 12.0. The van der Waals surface area contributed by atoms with E-state index in [0.717, 1.165) is 22.4 Å². The molecule has 0 fully saturated rings. The number of rotatable bonds is 6. The summed E-state index contributed by atoms with van der Waals surface area (Å²) < 4.78 is 23.6. The van der Waals surface area contributed by atoms with Crippen LogP contribution < -0.4 is 5.32 Å². The van der Waals surface area contributed by atoms with E-state index in [1.165, 1.54) is 12.1 Å². The smallest absolute Gasteiger partial charge is 0.250 e. The molecule has 3 aromatic rings. The second-order valence-electron chi connectivity index (χ2n) is 5.98. The van der Waals surface area contributed by atoms with Crippen LogP contribution >= 0.6 is 0 Å². The Labute approximate surface area is 150 Å². The van der Waals surface area contributed by atoms with Crippen LogP contribution in [0.1, 0.15) is 16.8 Å². The van der Waals surface area contributed by atoms with Gasteiger partial charge in [0, 0.05) is 17.3 Å². The average molecular weight is 354 g/mol. The first-order valence-electron chi connectivity index (χ1n) is 8.18. The van der Waals surface area contributed by atoms with Crippen LogP contribution in [-0.2, 0) is 16.1 Å². The van der Waals surface area contributed by atoms with Gasteiger partial charge in [0.25, 0.3) is 0 Å². The Bertz CT molecular complexity index is 904. The lowest BCUT2D eigenvalue weighted by Crippen LogP contribution is -2.19. The number of carbonyl (C=O) groups is 1. The summed E-state index contributed by atoms with van der Waals surface area (Å²) >= 11 is 0. The SMILES string of the molecule is Cc1cccc(NC(=O)COCc2cc(-c3ccc(F)cc3)on2)c1C. The monoisotopic (exact) mass is 354 g/mol. The molecule has 0 aliphatic heterocycles. The van der Waals surface area contributed by atoms with Crippen LogP contribution in [0.5, 0.6) is 0 Å². The molecule has 134 valence electrons. The van der Waals surface area contributed by atoms with Gasteiger partial charge in [0.05, 0.1) is 6.61 Å². The number of nitrogens with zero attached hydrogens (tertiary/aromatic N) is 1. The first-order chi connectivity index (χ1) is 12.5. The predicted octanol–water partition coefficient (Wildman–Crippen LogP) is 4.25. The van der Waals surface area contributed by atoms with Crippen molar-refractivity contribution in [2.45, 2.75) is 20.5 Å². The second kappa shape index (κ2) is 7.93. The zero-order valence-electron chi connectivity index (χ0n) is 14.6. The Kier molecular flexibility index (Phi) is 5.43. The van der Waals surface area contributed by atoms with Crippen LogP contribution in [-0.4, -0.2) is 17.7 Å². The lowest BCUT2D eigenvalue weighted by molar-refractivity contribution is -0.121. The summed E-state index contributed by atoms with van der Waals surface area (Å²) in [5.74, 6) is -0.0314. The number of aryl methyl sites for hydroxylation is 1. The molecule has 0 spiro atoms. The number of halogens is 1. The molecule has 1 aromatic heterocycles. The van der Waals surface area contributed by atoms with E-state index in [2.05, 4.69) is 10.5 Å². The molecule has 0 aliphatic carbocycles. The summed E-state index contributed by atoms with van der Waals surface area (Å²) in [5, 5.41) is 6.73. The molecule has 1 heterocycles. The highest BCUT2D eigenvalue weighted by molar-refractivity contribution is 5.92. The number of amides is 1. The zero-order valence-corrected chi connectivity index (χ0v) is 14.6. The number of hydrogen-bond donors (Lipinski definition) is 1. The van der Waals surface area contributed by atoms with Crippen molar-refractivity contribution in [3.8, 4) is 11.3 Å². The number of hydrogen-bond acceptors (Lipinski definition) is 4. The standard InChI is InChI=1S/C20H19FN2O3/c1-13-4-3-5-18(14(13)2)22-20(24)12-25-11-17-10-19(26-23-17)15-6-8-16(21)9-7-15/h3-10H,11-12H2,1-2H3,(H,22,24). The zero-order chi connectivity index (χ0) is 18.5. The third-order valence-corrected chi connectivity index (χ3v) is 4.05. The van der Waals surface area contributed by atoms with Crippen molar-refractivity contribution in [2.75, 3.05) is 11.9 Å². The maximum absolute atomic E-state index is 12.9. The van der Waals surface area contributed by atoms with Crippen molar-refractivity contribution in [3.63, 3.8) is 0 Å². The minimum atomic E-state index is -0.313. The van der Waals surface area contributed by atoms with Gasteiger partial charge in [-0.15, -0.1) is 0 Å². The van der Waals surface area contributed by atoms with Crippen LogP contribution in [0.25, 0.3) is 11.3 Å². The molecule has 1 N–H and O–H groups in total. The number of aromatic nitrogens is 1. The lowest BCUT2D eigenvalue weighted by atomic mass is 10.1. The van der Waals surface area contributed by atoms with Crippen molar-refractivity contribution < 1.29 is 18.4 Å². The third-order valence-electron chi connectivity index (χ3n) is 4.05. The van der Waals surface area contributed by atoms with E-state index in [0.29, 0.717) is 11.5 Å². The van der Waals surface area contributed by atoms with Gasteiger partial charge in [-0.2, -0.15) is 0 Å². The first-order valence-corrected chi connectivity index (χ1v) is 8.18. The largest absolute Gasteiger partial charge is 0.365 e. The molecule has 26 heavy (non-hydrogen) atoms. The third kappa shape index (κ3) is 4.34. The lowest BCUT2D eigenvalue weighted by Gasteiger charge is -2.10. The fraction of sp³-hybridized carbons (Fsp3) is 0.200. The van der Waals surface area contributed by atoms with Gasteiger partial charge in [-0.1, -0.05) is 17.3 Å². The summed E-state index contributed by atoms with van der Waals surface area (Å²) in [6, 6.07) is 13.4. The first kappa shape index (κ1) is 17.8. The predicted molar refractivity (Wildman–Crippen MR) is 96.1 cm³/mol. The van der Waals surface area contributed by atoms with Crippen LogP contribution in [0.4, 0.5) is 10.1 Å². The van der Waals surface area contributed by atoms with Gasteiger partial charge >= 0.3 is 0 Å². The Hall–Kier alpha value is -2.99. The van der Waals surface area contributed by atoms with Crippen molar-refractivity contribution in [1.29, 1.82) is 0 Å². The molecule has 0 bridgehead atoms. The molecular formula is C20H19FN2O3. The maximum atomic E-state index is 12.9. The van der Waals surface area contributed by atoms with E-state index >= 15 is 0 Å². The van der Waals surface area contributed by atoms with E-state index in [1.54, 1.807) is 18.2 Å². The molecule has 0 unspecified atom stereocenters. The molecule has 3 rings (SSSR count). The van der Waals surface area contributed by atoms with E-state index in [-0.39, 0.29) is 24.9 Å². The second-order valence-corrected chi connectivity index (χ2v) is 5.98. The molecule has 0 aliphatic rings. The number of nitrogens with one attached hydrogen (secondary N) is 1. The Morgan fingerprint density at radius 1 is 1.19 bits per heavy atom. The molecule has 0 saturated carbocycles. The highest BCUT2D eigenvalue weighted by Gasteiger charge is 2.09. The van der Waals surface area contributed by atoms with Crippen molar-refractivity contribution in [2.24, 2.45) is 0 Å². The van der Waals surface area contributed by atoms with Crippen molar-refractivity contribution >= 4 is 11.6 Å². The molecule has 0 saturated heterocycles. The van der Waals surface area contributed by atoms with Gasteiger partial charge in [0.2, 0.25) is 5.91 Å². The molecular weight excluding hydrogens is 335 g/mol. The fourth-order valence-corrected chi connectivity index (χ4v) is 2.45. The van der Waals surface area contributed by atoms with E-state index in [9.17, 15) is 9.18 Å². The summed E-state index contributed by atoms with van der Waals surface area (Å²) in [5.41, 5.74) is 4.20. The Morgan fingerprint density at radius 2 is 1.96 bits per heavy atom. The van der Waals surface area contributed by atoms with Crippen molar-refractivity contribution in [3.05, 3.63) is 71.2 Å². The highest BCUT2D eigenvalue weighted by atomic mass is 19.1. The van der Waals surface area contributed by atoms with Gasteiger partial charge in [-0.05, 0) is 55.3 Å². The van der Waals surface area contributed by atoms with E-state index < -0.39 is 0 Å². The maximum Gasteiger partial charge on any atom is 0.250 e. The van der Waals surface area contributed by atoms with Gasteiger partial charge in [-0.3, -0.25) is 4.79 Å². The summed E-state index contributed by atoms with van der Waals surface area (Å²) in [7, 11) is 0. The van der Waals surface area contributed by atoms with Crippen molar-refractivity contribution in [1.82, 2.24) is 5.16 Å². The molecule has 6 heteroatoms. The minimum absolute atomic E-state index is 0.0911. The molecule has 2 aromatic carbocycles. The number of ether oxygens (including phenoxy) is 1. The van der Waals surface area contributed by atoms with Crippen LogP contribution in [0.3, 0.4) is 0 Å². The number of benzene rings is 2. The van der Waals surface area contributed by atoms with Crippen LogP contribution in [0.15, 0.2) is 53.1 Å².